The van der Waals surface area contributed by atoms with Crippen LogP contribution in [0.5, 0.6) is 0 Å². The fourth-order valence-electron chi connectivity index (χ4n) is 2.62. The van der Waals surface area contributed by atoms with Gasteiger partial charge in [-0.15, -0.1) is 23.5 Å². The van der Waals surface area contributed by atoms with Crippen LogP contribution in [0, 0.1) is 10.8 Å². The molecule has 0 unspecified atom stereocenters. The van der Waals surface area contributed by atoms with E-state index in [2.05, 4.69) is 107 Å². The molecular formula is C17H36S2. The molecule has 0 aromatic rings. The lowest BCUT2D eigenvalue weighted by molar-refractivity contribution is 0.218. The Hall–Kier alpha value is 0.700. The van der Waals surface area contributed by atoms with Gasteiger partial charge in [-0.2, -0.15) is 0 Å². The van der Waals surface area contributed by atoms with Gasteiger partial charge in [-0.3, -0.25) is 0 Å². The van der Waals surface area contributed by atoms with Gasteiger partial charge in [0.15, 0.2) is 0 Å². The highest BCUT2D eigenvalue weighted by molar-refractivity contribution is 8.19. The van der Waals surface area contributed by atoms with Crippen molar-refractivity contribution in [1.29, 1.82) is 0 Å². The van der Waals surface area contributed by atoms with Crippen molar-refractivity contribution < 1.29 is 0 Å². The molecule has 0 aromatic carbocycles. The van der Waals surface area contributed by atoms with Gasteiger partial charge in [0.2, 0.25) is 0 Å². The van der Waals surface area contributed by atoms with E-state index in [0.29, 0.717) is 0 Å². The van der Waals surface area contributed by atoms with Crippen LogP contribution in [0.4, 0.5) is 0 Å². The van der Waals surface area contributed by atoms with Crippen molar-refractivity contribution in [2.45, 2.75) is 96.7 Å². The van der Waals surface area contributed by atoms with Crippen molar-refractivity contribution >= 4 is 23.5 Å². The molecule has 0 aliphatic heterocycles. The summed E-state index contributed by atoms with van der Waals surface area (Å²) < 4.78 is 0.702. The van der Waals surface area contributed by atoms with Crippen LogP contribution >= 0.6 is 23.5 Å². The molecule has 0 spiro atoms. The fraction of sp³-hybridized carbons (Fsp3) is 1.00. The molecule has 0 fully saturated rings. The van der Waals surface area contributed by atoms with E-state index in [0.717, 1.165) is 0 Å². The number of rotatable bonds is 2. The highest BCUT2D eigenvalue weighted by atomic mass is 32.2. The van der Waals surface area contributed by atoms with E-state index in [1.165, 1.54) is 0 Å². The Morgan fingerprint density at radius 3 is 0.737 bits per heavy atom. The molecule has 0 nitrogen and oxygen atoms in total. The first-order valence-electron chi connectivity index (χ1n) is 7.32. The Kier molecular flexibility index (Phi) is 5.68. The van der Waals surface area contributed by atoms with Gasteiger partial charge < -0.3 is 0 Å². The van der Waals surface area contributed by atoms with Crippen molar-refractivity contribution in [3.8, 4) is 0 Å². The van der Waals surface area contributed by atoms with Gasteiger partial charge >= 0.3 is 0 Å². The molecule has 116 valence electrons. The molecule has 0 aliphatic rings. The topological polar surface area (TPSA) is 0 Å². The highest BCUT2D eigenvalue weighted by Crippen LogP contribution is 2.65. The molecule has 0 radical (unpaired) electrons. The van der Waals surface area contributed by atoms with E-state index in [1.54, 1.807) is 0 Å². The highest BCUT2D eigenvalue weighted by Gasteiger charge is 2.55. The number of thioether (sulfide) groups is 2. The van der Waals surface area contributed by atoms with Crippen LogP contribution in [-0.2, 0) is 0 Å². The first-order valence-corrected chi connectivity index (χ1v) is 8.95. The summed E-state index contributed by atoms with van der Waals surface area (Å²) in [6, 6.07) is 0. The van der Waals surface area contributed by atoms with E-state index in [4.69, 9.17) is 0 Å². The van der Waals surface area contributed by atoms with Crippen molar-refractivity contribution in [2.75, 3.05) is 0 Å². The summed E-state index contributed by atoms with van der Waals surface area (Å²) in [5.74, 6) is 0. The van der Waals surface area contributed by atoms with Crippen LogP contribution in [-0.4, -0.2) is 13.6 Å². The van der Waals surface area contributed by atoms with Crippen LogP contribution < -0.4 is 0 Å². The first-order chi connectivity index (χ1) is 7.91. The predicted molar refractivity (Wildman–Crippen MR) is 96.3 cm³/mol. The number of hydrogen-bond acceptors (Lipinski definition) is 2. The monoisotopic (exact) mass is 304 g/mol. The SMILES string of the molecule is CC(C)(C)SC(SC(C)(C)C)(C(C)(C)C)C(C)(C)C. The molecule has 0 atom stereocenters. The third-order valence-electron chi connectivity index (χ3n) is 2.87. The molecule has 0 aromatic heterocycles. The third-order valence-corrected chi connectivity index (χ3v) is 7.62. The normalized spacial score (nSPS) is 15.8. The lowest BCUT2D eigenvalue weighted by Gasteiger charge is -2.57. The average Bonchev–Trinajstić information content (AvgIpc) is 1.91. The molecule has 19 heavy (non-hydrogen) atoms. The van der Waals surface area contributed by atoms with Gasteiger partial charge in [-0.05, 0) is 10.8 Å². The average molecular weight is 305 g/mol. The maximum Gasteiger partial charge on any atom is 0.0717 e. The Morgan fingerprint density at radius 2 is 0.632 bits per heavy atom. The van der Waals surface area contributed by atoms with Crippen LogP contribution in [0.25, 0.3) is 0 Å². The smallest absolute Gasteiger partial charge is 0.0717 e. The summed E-state index contributed by atoms with van der Waals surface area (Å²) in [7, 11) is 0. The Labute approximate surface area is 131 Å². The van der Waals surface area contributed by atoms with E-state index in [-0.39, 0.29) is 24.4 Å². The first kappa shape index (κ1) is 19.7. The fourth-order valence-corrected chi connectivity index (χ4v) is 7.24. The van der Waals surface area contributed by atoms with Crippen molar-refractivity contribution in [1.82, 2.24) is 0 Å². The van der Waals surface area contributed by atoms with E-state index in [1.807, 2.05) is 0 Å². The van der Waals surface area contributed by atoms with Crippen molar-refractivity contribution in [3.05, 3.63) is 0 Å². The summed E-state index contributed by atoms with van der Waals surface area (Å²) in [5, 5.41) is 0. The second-order valence-corrected chi connectivity index (χ2v) is 13.9. The summed E-state index contributed by atoms with van der Waals surface area (Å²) >= 11 is 4.31. The molecule has 2 heteroatoms. The van der Waals surface area contributed by atoms with Gasteiger partial charge in [0, 0.05) is 9.49 Å². The molecule has 0 N–H and O–H groups in total. The van der Waals surface area contributed by atoms with Crippen LogP contribution in [0.1, 0.15) is 83.1 Å². The van der Waals surface area contributed by atoms with Gasteiger partial charge in [0.1, 0.15) is 0 Å². The predicted octanol–water partition coefficient (Wildman–Crippen LogP) is 6.84. The van der Waals surface area contributed by atoms with Gasteiger partial charge in [-0.25, -0.2) is 0 Å². The van der Waals surface area contributed by atoms with Gasteiger partial charge in [0.05, 0.1) is 4.08 Å². The minimum Gasteiger partial charge on any atom is -0.137 e. The Morgan fingerprint density at radius 1 is 0.421 bits per heavy atom. The summed E-state index contributed by atoms with van der Waals surface area (Å²) in [4.78, 5) is 0. The summed E-state index contributed by atoms with van der Waals surface area (Å²) in [6.45, 7) is 28.4. The van der Waals surface area contributed by atoms with Crippen molar-refractivity contribution in [2.24, 2.45) is 10.8 Å². The maximum atomic E-state index is 2.40. The molecule has 0 rings (SSSR count). The summed E-state index contributed by atoms with van der Waals surface area (Å²) in [5.41, 5.74) is 0.474. The van der Waals surface area contributed by atoms with Crippen molar-refractivity contribution in [3.63, 3.8) is 0 Å². The number of hydrogen-bond donors (Lipinski definition) is 0. The molecule has 0 aliphatic carbocycles. The van der Waals surface area contributed by atoms with E-state index < -0.39 is 0 Å². The standard InChI is InChI=1S/C17H36S2/c1-13(2,3)17(14(4,5)6,18-15(7,8)9)19-16(10,11)12/h1-12H3. The Balaban J connectivity index is 5.91. The van der Waals surface area contributed by atoms with Crippen LogP contribution in [0.15, 0.2) is 0 Å². The molecule has 0 heterocycles. The van der Waals surface area contributed by atoms with Gasteiger partial charge in [0.25, 0.3) is 0 Å². The minimum absolute atomic E-state index is 0.177. The second kappa shape index (κ2) is 5.48. The maximum absolute atomic E-state index is 2.40. The molecule has 0 amide bonds. The summed E-state index contributed by atoms with van der Waals surface area (Å²) in [6.07, 6.45) is 0. The van der Waals surface area contributed by atoms with E-state index >= 15 is 0 Å². The zero-order chi connectivity index (χ0) is 15.9. The molecule has 0 saturated carbocycles. The lowest BCUT2D eigenvalue weighted by atomic mass is 9.76. The third kappa shape index (κ3) is 5.53. The largest absolute Gasteiger partial charge is 0.137 e. The lowest BCUT2D eigenvalue weighted by Crippen LogP contribution is -2.51. The Bertz CT molecular complexity index is 257. The van der Waals surface area contributed by atoms with Gasteiger partial charge in [-0.1, -0.05) is 83.1 Å². The van der Waals surface area contributed by atoms with Crippen LogP contribution in [0.2, 0.25) is 0 Å². The van der Waals surface area contributed by atoms with E-state index in [9.17, 15) is 0 Å². The molecule has 0 bridgehead atoms. The zero-order valence-corrected chi connectivity index (χ0v) is 16.9. The quantitative estimate of drug-likeness (QED) is 0.512. The minimum atomic E-state index is 0.177. The molecule has 0 saturated heterocycles. The molecular weight excluding hydrogens is 268 g/mol. The van der Waals surface area contributed by atoms with Crippen LogP contribution in [0.3, 0.4) is 0 Å². The second-order valence-electron chi connectivity index (χ2n) is 9.55. The zero-order valence-electron chi connectivity index (χ0n) is 15.3.